The van der Waals surface area contributed by atoms with Crippen molar-refractivity contribution in [3.05, 3.63) is 76.3 Å². The molecule has 0 radical (unpaired) electrons. The maximum Gasteiger partial charge on any atom is 0.307 e. The number of esters is 1. The van der Waals surface area contributed by atoms with Crippen LogP contribution in [0.25, 0.3) is 21.6 Å². The minimum Gasteiger partial charge on any atom is -0.460 e. The third-order valence-electron chi connectivity index (χ3n) is 12.2. The number of aromatic nitrogens is 3. The molecule has 0 bridgehead atoms. The number of carbonyl (C=O) groups is 4. The Hall–Kier alpha value is -4.64. The number of Topliss-reactive ketones (excluding diaryl/α,β-unsaturated/α-hetero) is 1. The molecule has 1 N–H and O–H groups in total. The number of fused-ring (bicyclic) bond motifs is 3. The largest absolute Gasteiger partial charge is 0.460 e. The molecular weight excluding hydrogens is 876 g/mol. The summed E-state index contributed by atoms with van der Waals surface area (Å²) in [7, 11) is -1.50. The number of benzene rings is 2. The summed E-state index contributed by atoms with van der Waals surface area (Å²) >= 11 is 7.78. The molecule has 17 heteroatoms. The number of para-hydroxylation sites is 1. The molecule has 2 aliphatic heterocycles. The number of amides is 2. The molecule has 14 nitrogen and oxygen atoms in total. The van der Waals surface area contributed by atoms with Crippen molar-refractivity contribution in [2.24, 2.45) is 17.3 Å². The Bertz CT molecular complexity index is 2550. The minimum absolute atomic E-state index is 0.0328. The quantitative estimate of drug-likeness (QED) is 0.115. The standard InChI is InChI=1S/C47H59ClN6O8S2/c1-29(2)54-37-20-14-19-36(42-49-34(28-63-42)22-30-15-13-18-33(48)21-30)41(37)50-45(54)61-35-24-38-39(55)26-47(44(58)51-64(59,60)52(6)7)25-32(47)17-12-10-8-9-11-16-31(43(57)53(38)27-35)23-40(56)62-46(3,4)5/h12-15,17-21,28-29,31-32,35,38H,8-11,16,22-27H2,1-7H3,(H,51,58)/b17-12-/t31-,32-,35-,38+,47-/m1/s1. The molecule has 0 spiro atoms. The average molecular weight is 936 g/mol. The highest BCUT2D eigenvalue weighted by atomic mass is 35.5. The van der Waals surface area contributed by atoms with E-state index in [2.05, 4.69) is 4.72 Å². The minimum atomic E-state index is -4.15. The fourth-order valence-electron chi connectivity index (χ4n) is 8.89. The Balaban J connectivity index is 1.21. The highest BCUT2D eigenvalue weighted by Gasteiger charge is 2.61. The second kappa shape index (κ2) is 19.1. The van der Waals surface area contributed by atoms with Crippen LogP contribution in [0.2, 0.25) is 5.02 Å². The molecule has 1 saturated carbocycles. The van der Waals surface area contributed by atoms with Crippen LogP contribution in [-0.4, -0.2) is 94.1 Å². The zero-order chi connectivity index (χ0) is 46.1. The Kier molecular flexibility index (Phi) is 14.1. The molecule has 1 saturated heterocycles. The molecule has 2 fully saturated rings. The van der Waals surface area contributed by atoms with E-state index in [1.165, 1.54) is 30.3 Å². The Morgan fingerprint density at radius 3 is 2.56 bits per heavy atom. The first-order valence-electron chi connectivity index (χ1n) is 22.1. The van der Waals surface area contributed by atoms with Gasteiger partial charge in [0, 0.05) is 61.3 Å². The second-order valence-corrected chi connectivity index (χ2v) is 22.0. The molecule has 2 aromatic carbocycles. The molecule has 64 heavy (non-hydrogen) atoms. The second-order valence-electron chi connectivity index (χ2n) is 18.8. The molecule has 5 atom stereocenters. The van der Waals surface area contributed by atoms with Gasteiger partial charge in [0.2, 0.25) is 11.8 Å². The lowest BCUT2D eigenvalue weighted by molar-refractivity contribution is -0.159. The third kappa shape index (κ3) is 10.7. The molecule has 0 unspecified atom stereocenters. The lowest BCUT2D eigenvalue weighted by atomic mass is 9.90. The fraction of sp³-hybridized carbons (Fsp3) is 0.532. The van der Waals surface area contributed by atoms with Crippen molar-refractivity contribution >= 4 is 67.7 Å². The van der Waals surface area contributed by atoms with E-state index in [1.807, 2.05) is 78.4 Å². The maximum atomic E-state index is 14.8. The van der Waals surface area contributed by atoms with Crippen LogP contribution in [0.1, 0.15) is 110 Å². The summed E-state index contributed by atoms with van der Waals surface area (Å²) in [5.74, 6) is -3.11. The lowest BCUT2D eigenvalue weighted by Gasteiger charge is -2.29. The zero-order valence-corrected chi connectivity index (χ0v) is 40.0. The van der Waals surface area contributed by atoms with E-state index in [4.69, 9.17) is 31.0 Å². The van der Waals surface area contributed by atoms with Gasteiger partial charge < -0.3 is 14.4 Å². The van der Waals surface area contributed by atoms with Crippen molar-refractivity contribution in [3.63, 3.8) is 0 Å². The number of rotatable bonds is 11. The summed E-state index contributed by atoms with van der Waals surface area (Å²) in [5, 5.41) is 3.50. The van der Waals surface area contributed by atoms with Crippen molar-refractivity contribution in [3.8, 4) is 16.6 Å². The van der Waals surface area contributed by atoms with Gasteiger partial charge in [0.15, 0.2) is 5.78 Å². The topological polar surface area (TPSA) is 170 Å². The van der Waals surface area contributed by atoms with Gasteiger partial charge in [-0.25, -0.2) is 9.71 Å². The SMILES string of the molecule is CC(C)n1c(O[C@@H]2C[C@H]3C(=O)C[C@]4(C(=O)NS(=O)(=O)N(C)C)C[C@H]4/C=C\CCCCC[C@H](CC(=O)OC(C)(C)C)C(=O)N3C2)nc2c(-c3nc(Cc4cccc(Cl)c4)cs3)cccc21. The van der Waals surface area contributed by atoms with E-state index < -0.39 is 51.2 Å². The number of ketones is 1. The van der Waals surface area contributed by atoms with Gasteiger partial charge in [0.25, 0.3) is 6.01 Å². The van der Waals surface area contributed by atoms with Crippen LogP contribution in [0.5, 0.6) is 6.01 Å². The van der Waals surface area contributed by atoms with Gasteiger partial charge in [0.05, 0.1) is 35.6 Å². The van der Waals surface area contributed by atoms with Crippen molar-refractivity contribution < 1.29 is 37.1 Å². The molecule has 344 valence electrons. The normalized spacial score (nSPS) is 23.9. The van der Waals surface area contributed by atoms with Gasteiger partial charge in [-0.3, -0.25) is 23.7 Å². The van der Waals surface area contributed by atoms with Gasteiger partial charge in [0.1, 0.15) is 22.2 Å². The van der Waals surface area contributed by atoms with Crippen LogP contribution < -0.4 is 9.46 Å². The number of hydrogen-bond donors (Lipinski definition) is 1. The van der Waals surface area contributed by atoms with E-state index in [-0.39, 0.29) is 55.9 Å². The summed E-state index contributed by atoms with van der Waals surface area (Å²) < 4.78 is 43.3. The Labute approximate surface area is 384 Å². The highest BCUT2D eigenvalue weighted by molar-refractivity contribution is 7.87. The summed E-state index contributed by atoms with van der Waals surface area (Å²) in [6.07, 6.45) is 7.22. The number of nitrogens with zero attached hydrogens (tertiary/aromatic N) is 5. The van der Waals surface area contributed by atoms with Crippen LogP contribution in [0.15, 0.2) is 60.0 Å². The number of nitrogens with one attached hydrogen (secondary N) is 1. The first-order chi connectivity index (χ1) is 30.2. The maximum absolute atomic E-state index is 14.8. The van der Waals surface area contributed by atoms with Crippen molar-refractivity contribution in [1.82, 2.24) is 28.5 Å². The van der Waals surface area contributed by atoms with Crippen LogP contribution in [0, 0.1) is 17.3 Å². The van der Waals surface area contributed by atoms with Crippen LogP contribution in [0.4, 0.5) is 0 Å². The van der Waals surface area contributed by atoms with Gasteiger partial charge >= 0.3 is 16.2 Å². The molecule has 7 rings (SSSR count). The van der Waals surface area contributed by atoms with Crippen LogP contribution >= 0.6 is 22.9 Å². The number of hydrogen-bond acceptors (Lipinski definition) is 11. The van der Waals surface area contributed by atoms with Gasteiger partial charge in [-0.05, 0) is 96.0 Å². The van der Waals surface area contributed by atoms with E-state index >= 15 is 0 Å². The average Bonchev–Trinajstić information content (AvgIpc) is 3.52. The molecular formula is C47H59ClN6O8S2. The summed E-state index contributed by atoms with van der Waals surface area (Å²) in [4.78, 5) is 68.3. The molecule has 3 aliphatic rings. The molecule has 2 aromatic heterocycles. The summed E-state index contributed by atoms with van der Waals surface area (Å²) in [6, 6.07) is 12.9. The van der Waals surface area contributed by atoms with E-state index in [0.29, 0.717) is 42.2 Å². The van der Waals surface area contributed by atoms with Crippen LogP contribution in [0.3, 0.4) is 0 Å². The summed E-state index contributed by atoms with van der Waals surface area (Å²) in [5.41, 5.74) is 2.25. The molecule has 1 aliphatic carbocycles. The monoisotopic (exact) mass is 934 g/mol. The van der Waals surface area contributed by atoms with Crippen LogP contribution in [-0.2, 0) is 40.5 Å². The smallest absolute Gasteiger partial charge is 0.307 e. The highest BCUT2D eigenvalue weighted by Crippen LogP contribution is 2.57. The number of halogens is 1. The van der Waals surface area contributed by atoms with Crippen molar-refractivity contribution in [1.29, 1.82) is 0 Å². The first-order valence-corrected chi connectivity index (χ1v) is 24.8. The number of imidazole rings is 1. The van der Waals surface area contributed by atoms with E-state index in [1.54, 1.807) is 20.8 Å². The Morgan fingerprint density at radius 2 is 1.84 bits per heavy atom. The van der Waals surface area contributed by atoms with Gasteiger partial charge in [-0.15, -0.1) is 11.3 Å². The predicted octanol–water partition coefficient (Wildman–Crippen LogP) is 8.09. The predicted molar refractivity (Wildman–Crippen MR) is 247 cm³/mol. The number of ether oxygens (including phenoxy) is 2. The lowest BCUT2D eigenvalue weighted by Crippen LogP contribution is -2.47. The first kappa shape index (κ1) is 47.3. The third-order valence-corrected chi connectivity index (χ3v) is 14.8. The fourth-order valence-corrected chi connectivity index (χ4v) is 10.6. The van der Waals surface area contributed by atoms with Crippen molar-refractivity contribution in [2.45, 2.75) is 123 Å². The van der Waals surface area contributed by atoms with Crippen molar-refractivity contribution in [2.75, 3.05) is 20.6 Å². The zero-order valence-electron chi connectivity index (χ0n) is 37.6. The van der Waals surface area contributed by atoms with Gasteiger partial charge in [-0.2, -0.15) is 17.7 Å². The molecule has 4 heterocycles. The number of allylic oxidation sites excluding steroid dienone is 2. The molecule has 2 amide bonds. The summed E-state index contributed by atoms with van der Waals surface area (Å²) in [6.45, 7) is 9.42. The van der Waals surface area contributed by atoms with E-state index in [0.717, 1.165) is 44.5 Å². The number of thiazole rings is 1. The van der Waals surface area contributed by atoms with E-state index in [9.17, 15) is 27.6 Å². The molecule has 4 aromatic rings. The van der Waals surface area contributed by atoms with Gasteiger partial charge in [-0.1, -0.05) is 54.8 Å². The Morgan fingerprint density at radius 1 is 1.08 bits per heavy atom. The number of carbonyl (C=O) groups excluding carboxylic acids is 4.